The van der Waals surface area contributed by atoms with Gasteiger partial charge in [-0.05, 0) is 18.1 Å². The summed E-state index contributed by atoms with van der Waals surface area (Å²) < 4.78 is 11.2. The van der Waals surface area contributed by atoms with Gasteiger partial charge in [-0.25, -0.2) is 0 Å². The zero-order valence-corrected chi connectivity index (χ0v) is 11.5. The summed E-state index contributed by atoms with van der Waals surface area (Å²) in [5.41, 5.74) is 6.73. The molecule has 0 spiro atoms. The summed E-state index contributed by atoms with van der Waals surface area (Å²) in [6, 6.07) is 7.91. The van der Waals surface area contributed by atoms with Crippen molar-refractivity contribution in [2.24, 2.45) is 11.7 Å². The lowest BCUT2D eigenvalue weighted by Crippen LogP contribution is -2.51. The molecule has 1 fully saturated rings. The number of nitrogens with zero attached hydrogens (tertiary/aromatic N) is 1. The Morgan fingerprint density at radius 3 is 3.10 bits per heavy atom. The molecule has 1 amide bonds. The average molecular weight is 276 g/mol. The highest BCUT2D eigenvalue weighted by atomic mass is 16.5. The van der Waals surface area contributed by atoms with Crippen LogP contribution in [0.5, 0.6) is 5.75 Å². The lowest BCUT2D eigenvalue weighted by Gasteiger charge is -2.35. The molecule has 0 unspecified atom stereocenters. The number of fused-ring (bicyclic) bond motifs is 1. The third kappa shape index (κ3) is 2.64. The van der Waals surface area contributed by atoms with Crippen molar-refractivity contribution in [2.45, 2.75) is 12.5 Å². The minimum atomic E-state index is -0.0959. The van der Waals surface area contributed by atoms with E-state index in [9.17, 15) is 4.79 Å². The lowest BCUT2D eigenvalue weighted by atomic mass is 9.95. The van der Waals surface area contributed by atoms with E-state index in [-0.39, 0.29) is 17.9 Å². The van der Waals surface area contributed by atoms with Crippen molar-refractivity contribution in [3.8, 4) is 5.75 Å². The molecule has 2 heterocycles. The van der Waals surface area contributed by atoms with Gasteiger partial charge >= 0.3 is 0 Å². The van der Waals surface area contributed by atoms with Crippen LogP contribution in [0.3, 0.4) is 0 Å². The van der Waals surface area contributed by atoms with Crippen LogP contribution in [0.1, 0.15) is 5.56 Å². The number of rotatable bonds is 2. The summed E-state index contributed by atoms with van der Waals surface area (Å²) >= 11 is 0. The quantitative estimate of drug-likeness (QED) is 0.850. The van der Waals surface area contributed by atoms with Crippen molar-refractivity contribution < 1.29 is 14.3 Å². The summed E-state index contributed by atoms with van der Waals surface area (Å²) in [5, 5.41) is 0. The Hall–Kier alpha value is -1.59. The lowest BCUT2D eigenvalue weighted by molar-refractivity contribution is -0.144. The number of amides is 1. The van der Waals surface area contributed by atoms with Gasteiger partial charge < -0.3 is 20.1 Å². The molecule has 5 heteroatoms. The largest absolute Gasteiger partial charge is 0.492 e. The van der Waals surface area contributed by atoms with Crippen LogP contribution in [0, 0.1) is 5.92 Å². The highest BCUT2D eigenvalue weighted by Crippen LogP contribution is 2.28. The number of nitrogens with two attached hydrogens (primary N) is 1. The molecule has 0 saturated carbocycles. The molecule has 2 aliphatic heterocycles. The predicted molar refractivity (Wildman–Crippen MR) is 74.5 cm³/mol. The number of para-hydroxylation sites is 1. The van der Waals surface area contributed by atoms with Crippen LogP contribution in [-0.4, -0.2) is 49.8 Å². The Morgan fingerprint density at radius 1 is 1.40 bits per heavy atom. The SMILES string of the molecule is NC[C@H]1CN(C(=O)[C@H]2COc3ccccc3C2)CCO1. The van der Waals surface area contributed by atoms with Crippen LogP contribution in [0.15, 0.2) is 24.3 Å². The second-order valence-electron chi connectivity index (χ2n) is 5.33. The average Bonchev–Trinajstić information content (AvgIpc) is 2.53. The second kappa shape index (κ2) is 5.81. The van der Waals surface area contributed by atoms with Gasteiger partial charge in [0.15, 0.2) is 0 Å². The third-order valence-corrected chi connectivity index (χ3v) is 3.94. The molecule has 20 heavy (non-hydrogen) atoms. The normalized spacial score (nSPS) is 25.8. The fourth-order valence-electron chi connectivity index (χ4n) is 2.81. The van der Waals surface area contributed by atoms with E-state index in [0.29, 0.717) is 32.8 Å². The zero-order valence-electron chi connectivity index (χ0n) is 11.5. The maximum atomic E-state index is 12.6. The fourth-order valence-corrected chi connectivity index (χ4v) is 2.81. The summed E-state index contributed by atoms with van der Waals surface area (Å²) in [6.45, 7) is 2.72. The van der Waals surface area contributed by atoms with Gasteiger partial charge in [-0.2, -0.15) is 0 Å². The zero-order chi connectivity index (χ0) is 13.9. The van der Waals surface area contributed by atoms with E-state index in [4.69, 9.17) is 15.2 Å². The number of hydrogen-bond donors (Lipinski definition) is 1. The Labute approximate surface area is 118 Å². The Kier molecular flexibility index (Phi) is 3.89. The maximum absolute atomic E-state index is 12.6. The molecular weight excluding hydrogens is 256 g/mol. The van der Waals surface area contributed by atoms with Crippen LogP contribution in [-0.2, 0) is 16.0 Å². The molecular formula is C15H20N2O3. The van der Waals surface area contributed by atoms with E-state index in [1.54, 1.807) is 0 Å². The molecule has 108 valence electrons. The van der Waals surface area contributed by atoms with E-state index < -0.39 is 0 Å². The minimum absolute atomic E-state index is 0.0375. The van der Waals surface area contributed by atoms with Gasteiger partial charge in [-0.1, -0.05) is 18.2 Å². The highest BCUT2D eigenvalue weighted by molar-refractivity contribution is 5.80. The molecule has 0 aromatic heterocycles. The maximum Gasteiger partial charge on any atom is 0.229 e. The smallest absolute Gasteiger partial charge is 0.229 e. The van der Waals surface area contributed by atoms with E-state index in [2.05, 4.69) is 0 Å². The van der Waals surface area contributed by atoms with Crippen molar-refractivity contribution in [1.82, 2.24) is 4.90 Å². The standard InChI is InChI=1S/C15H20N2O3/c16-8-13-9-17(5-6-19-13)15(18)12-7-11-3-1-2-4-14(11)20-10-12/h1-4,12-13H,5-10,16H2/t12-,13+/m1/s1. The number of ether oxygens (including phenoxy) is 2. The van der Waals surface area contributed by atoms with E-state index >= 15 is 0 Å². The molecule has 0 bridgehead atoms. The van der Waals surface area contributed by atoms with E-state index in [1.165, 1.54) is 0 Å². The van der Waals surface area contributed by atoms with Crippen molar-refractivity contribution in [1.29, 1.82) is 0 Å². The molecule has 3 rings (SSSR count). The monoisotopic (exact) mass is 276 g/mol. The molecule has 1 aromatic rings. The van der Waals surface area contributed by atoms with Crippen LogP contribution in [0.4, 0.5) is 0 Å². The van der Waals surface area contributed by atoms with Gasteiger partial charge in [-0.15, -0.1) is 0 Å². The Bertz CT molecular complexity index is 492. The van der Waals surface area contributed by atoms with Crippen molar-refractivity contribution in [3.05, 3.63) is 29.8 Å². The number of hydrogen-bond acceptors (Lipinski definition) is 4. The van der Waals surface area contributed by atoms with Gasteiger partial charge in [0.1, 0.15) is 12.4 Å². The van der Waals surface area contributed by atoms with E-state index in [0.717, 1.165) is 17.7 Å². The van der Waals surface area contributed by atoms with E-state index in [1.807, 2.05) is 29.2 Å². The topological polar surface area (TPSA) is 64.8 Å². The second-order valence-corrected chi connectivity index (χ2v) is 5.33. The predicted octanol–water partition coefficient (Wildman–Crippen LogP) is 0.424. The first kappa shape index (κ1) is 13.4. The number of morpholine rings is 1. The molecule has 2 aliphatic rings. The van der Waals surface area contributed by atoms with Gasteiger partial charge in [0.2, 0.25) is 5.91 Å². The summed E-state index contributed by atoms with van der Waals surface area (Å²) in [6.07, 6.45) is 0.712. The summed E-state index contributed by atoms with van der Waals surface area (Å²) in [7, 11) is 0. The summed E-state index contributed by atoms with van der Waals surface area (Å²) in [4.78, 5) is 14.4. The molecule has 0 aliphatic carbocycles. The first-order valence-corrected chi connectivity index (χ1v) is 7.09. The minimum Gasteiger partial charge on any atom is -0.492 e. The summed E-state index contributed by atoms with van der Waals surface area (Å²) in [5.74, 6) is 0.959. The van der Waals surface area contributed by atoms with Crippen LogP contribution < -0.4 is 10.5 Å². The number of carbonyl (C=O) groups is 1. The molecule has 2 N–H and O–H groups in total. The third-order valence-electron chi connectivity index (χ3n) is 3.94. The molecule has 1 saturated heterocycles. The first-order chi connectivity index (χ1) is 9.78. The number of carbonyl (C=O) groups excluding carboxylic acids is 1. The van der Waals surface area contributed by atoms with Crippen molar-refractivity contribution >= 4 is 5.91 Å². The highest BCUT2D eigenvalue weighted by Gasteiger charge is 2.32. The van der Waals surface area contributed by atoms with Crippen molar-refractivity contribution in [2.75, 3.05) is 32.8 Å². The fraction of sp³-hybridized carbons (Fsp3) is 0.533. The Morgan fingerprint density at radius 2 is 2.25 bits per heavy atom. The van der Waals surface area contributed by atoms with Crippen molar-refractivity contribution in [3.63, 3.8) is 0 Å². The van der Waals surface area contributed by atoms with Crippen LogP contribution in [0.25, 0.3) is 0 Å². The van der Waals surface area contributed by atoms with Gasteiger partial charge in [-0.3, -0.25) is 4.79 Å². The molecule has 5 nitrogen and oxygen atoms in total. The molecule has 2 atom stereocenters. The first-order valence-electron chi connectivity index (χ1n) is 7.09. The molecule has 1 aromatic carbocycles. The van der Waals surface area contributed by atoms with Gasteiger partial charge in [0.25, 0.3) is 0 Å². The van der Waals surface area contributed by atoms with Crippen LogP contribution >= 0.6 is 0 Å². The Balaban J connectivity index is 1.67. The van der Waals surface area contributed by atoms with Gasteiger partial charge in [0.05, 0.1) is 18.6 Å². The van der Waals surface area contributed by atoms with Crippen LogP contribution in [0.2, 0.25) is 0 Å². The number of benzene rings is 1. The van der Waals surface area contributed by atoms with Gasteiger partial charge in [0, 0.05) is 19.6 Å². The molecule has 0 radical (unpaired) electrons.